The summed E-state index contributed by atoms with van der Waals surface area (Å²) in [6.45, 7) is 2.34. The minimum atomic E-state index is -1.18. The predicted molar refractivity (Wildman–Crippen MR) is 65.7 cm³/mol. The predicted octanol–water partition coefficient (Wildman–Crippen LogP) is 2.52. The van der Waals surface area contributed by atoms with Gasteiger partial charge >= 0.3 is 12.0 Å². The standard InChI is InChI=1S/C11H13ClN2O3/c1-3-14(2)11(17)13-8-6-4-5-7(12)9(8)10(15)16/h4-6H,3H2,1-2H3,(H,13,17)(H,15,16). The number of carbonyl (C=O) groups is 2. The number of urea groups is 1. The second-order valence-corrected chi connectivity index (χ2v) is 3.82. The summed E-state index contributed by atoms with van der Waals surface area (Å²) in [7, 11) is 1.61. The summed E-state index contributed by atoms with van der Waals surface area (Å²) in [4.78, 5) is 24.0. The quantitative estimate of drug-likeness (QED) is 0.873. The molecule has 1 rings (SSSR count). The molecule has 0 unspecified atom stereocenters. The lowest BCUT2D eigenvalue weighted by molar-refractivity contribution is 0.0698. The molecule has 0 aromatic heterocycles. The Hall–Kier alpha value is -1.75. The van der Waals surface area contributed by atoms with Crippen LogP contribution in [0, 0.1) is 0 Å². The molecule has 5 nitrogen and oxygen atoms in total. The lowest BCUT2D eigenvalue weighted by Gasteiger charge is -2.16. The highest BCUT2D eigenvalue weighted by atomic mass is 35.5. The van der Waals surface area contributed by atoms with Crippen molar-refractivity contribution in [3.63, 3.8) is 0 Å². The Bertz CT molecular complexity index is 448. The molecular formula is C11H13ClN2O3. The monoisotopic (exact) mass is 256 g/mol. The largest absolute Gasteiger partial charge is 0.478 e. The Morgan fingerprint density at radius 3 is 2.65 bits per heavy atom. The maximum Gasteiger partial charge on any atom is 0.339 e. The van der Waals surface area contributed by atoms with Gasteiger partial charge in [0, 0.05) is 13.6 Å². The first kappa shape index (κ1) is 13.3. The number of benzene rings is 1. The smallest absolute Gasteiger partial charge is 0.339 e. The van der Waals surface area contributed by atoms with Gasteiger partial charge in [0.25, 0.3) is 0 Å². The van der Waals surface area contributed by atoms with Crippen LogP contribution in [-0.2, 0) is 0 Å². The fraction of sp³-hybridized carbons (Fsp3) is 0.273. The number of carboxylic acid groups (broad SMARTS) is 1. The van der Waals surface area contributed by atoms with Gasteiger partial charge in [0.2, 0.25) is 0 Å². The van der Waals surface area contributed by atoms with Crippen LogP contribution in [-0.4, -0.2) is 35.6 Å². The number of hydrogen-bond donors (Lipinski definition) is 2. The van der Waals surface area contributed by atoms with E-state index in [-0.39, 0.29) is 22.3 Å². The molecule has 0 atom stereocenters. The fourth-order valence-corrected chi connectivity index (χ4v) is 1.46. The zero-order valence-corrected chi connectivity index (χ0v) is 10.3. The van der Waals surface area contributed by atoms with Gasteiger partial charge in [-0.25, -0.2) is 9.59 Å². The van der Waals surface area contributed by atoms with E-state index in [4.69, 9.17) is 16.7 Å². The average Bonchev–Trinajstić information content (AvgIpc) is 2.27. The maximum atomic E-state index is 11.6. The molecule has 0 heterocycles. The van der Waals surface area contributed by atoms with E-state index in [2.05, 4.69) is 5.32 Å². The van der Waals surface area contributed by atoms with Gasteiger partial charge in [-0.2, -0.15) is 0 Å². The second kappa shape index (κ2) is 5.54. The summed E-state index contributed by atoms with van der Waals surface area (Å²) in [6.07, 6.45) is 0. The number of anilines is 1. The fourth-order valence-electron chi connectivity index (χ4n) is 1.20. The van der Waals surface area contributed by atoms with E-state index < -0.39 is 5.97 Å². The van der Waals surface area contributed by atoms with Crippen molar-refractivity contribution in [1.82, 2.24) is 4.90 Å². The Morgan fingerprint density at radius 2 is 2.12 bits per heavy atom. The van der Waals surface area contributed by atoms with Crippen molar-refractivity contribution < 1.29 is 14.7 Å². The van der Waals surface area contributed by atoms with Gasteiger partial charge in [0.1, 0.15) is 5.56 Å². The molecule has 0 bridgehead atoms. The number of nitrogens with zero attached hydrogens (tertiary/aromatic N) is 1. The van der Waals surface area contributed by atoms with Crippen molar-refractivity contribution in [2.24, 2.45) is 0 Å². The summed E-state index contributed by atoms with van der Waals surface area (Å²) in [5, 5.41) is 11.6. The van der Waals surface area contributed by atoms with Gasteiger partial charge in [-0.05, 0) is 19.1 Å². The molecule has 1 aromatic rings. The minimum Gasteiger partial charge on any atom is -0.478 e. The Labute approximate surface area is 104 Å². The highest BCUT2D eigenvalue weighted by Gasteiger charge is 2.16. The highest BCUT2D eigenvalue weighted by molar-refractivity contribution is 6.34. The van der Waals surface area contributed by atoms with Crippen LogP contribution in [0.4, 0.5) is 10.5 Å². The van der Waals surface area contributed by atoms with E-state index in [0.717, 1.165) is 0 Å². The molecule has 1 aromatic carbocycles. The van der Waals surface area contributed by atoms with E-state index in [1.165, 1.54) is 17.0 Å². The van der Waals surface area contributed by atoms with E-state index in [1.807, 2.05) is 6.92 Å². The first-order valence-corrected chi connectivity index (χ1v) is 5.39. The number of carboxylic acids is 1. The van der Waals surface area contributed by atoms with E-state index in [9.17, 15) is 9.59 Å². The summed E-state index contributed by atoms with van der Waals surface area (Å²) < 4.78 is 0. The molecule has 0 spiro atoms. The van der Waals surface area contributed by atoms with Crippen molar-refractivity contribution in [1.29, 1.82) is 0 Å². The van der Waals surface area contributed by atoms with Crippen LogP contribution >= 0.6 is 11.6 Å². The van der Waals surface area contributed by atoms with Gasteiger partial charge in [-0.1, -0.05) is 17.7 Å². The number of rotatable bonds is 3. The molecule has 0 aliphatic rings. The number of carbonyl (C=O) groups excluding carboxylic acids is 1. The van der Waals surface area contributed by atoms with Crippen LogP contribution in [0.15, 0.2) is 18.2 Å². The van der Waals surface area contributed by atoms with Crippen LogP contribution < -0.4 is 5.32 Å². The first-order chi connectivity index (χ1) is 7.97. The second-order valence-electron chi connectivity index (χ2n) is 3.41. The summed E-state index contributed by atoms with van der Waals surface area (Å²) in [5.41, 5.74) is 0.0855. The van der Waals surface area contributed by atoms with E-state index in [1.54, 1.807) is 13.1 Å². The molecule has 0 radical (unpaired) electrons. The van der Waals surface area contributed by atoms with E-state index >= 15 is 0 Å². The number of amides is 2. The van der Waals surface area contributed by atoms with Crippen molar-refractivity contribution in [2.75, 3.05) is 18.9 Å². The third-order valence-electron chi connectivity index (χ3n) is 2.29. The maximum absolute atomic E-state index is 11.6. The molecular weight excluding hydrogens is 244 g/mol. The zero-order chi connectivity index (χ0) is 13.0. The molecule has 2 N–H and O–H groups in total. The molecule has 92 valence electrons. The Balaban J connectivity index is 3.03. The molecule has 17 heavy (non-hydrogen) atoms. The normalized spacial score (nSPS) is 9.82. The third kappa shape index (κ3) is 3.10. The van der Waals surface area contributed by atoms with Crippen LogP contribution in [0.25, 0.3) is 0 Å². The molecule has 2 amide bonds. The molecule has 0 fully saturated rings. The average molecular weight is 257 g/mol. The first-order valence-electron chi connectivity index (χ1n) is 5.01. The number of halogens is 1. The van der Waals surface area contributed by atoms with Gasteiger partial charge in [0.15, 0.2) is 0 Å². The van der Waals surface area contributed by atoms with Crippen molar-refractivity contribution in [2.45, 2.75) is 6.92 Å². The molecule has 0 aliphatic heterocycles. The van der Waals surface area contributed by atoms with Crippen LogP contribution in [0.3, 0.4) is 0 Å². The highest BCUT2D eigenvalue weighted by Crippen LogP contribution is 2.24. The van der Waals surface area contributed by atoms with Crippen LogP contribution in [0.1, 0.15) is 17.3 Å². The number of nitrogens with one attached hydrogen (secondary N) is 1. The Morgan fingerprint density at radius 1 is 1.47 bits per heavy atom. The lowest BCUT2D eigenvalue weighted by atomic mass is 10.2. The SMILES string of the molecule is CCN(C)C(=O)Nc1cccc(Cl)c1C(=O)O. The van der Waals surface area contributed by atoms with Gasteiger partial charge in [-0.3, -0.25) is 0 Å². The van der Waals surface area contributed by atoms with Gasteiger partial charge in [-0.15, -0.1) is 0 Å². The summed E-state index contributed by atoms with van der Waals surface area (Å²) >= 11 is 5.78. The van der Waals surface area contributed by atoms with Crippen molar-refractivity contribution in [3.8, 4) is 0 Å². The molecule has 6 heteroatoms. The van der Waals surface area contributed by atoms with Crippen LogP contribution in [0.2, 0.25) is 5.02 Å². The van der Waals surface area contributed by atoms with Crippen LogP contribution in [0.5, 0.6) is 0 Å². The lowest BCUT2D eigenvalue weighted by Crippen LogP contribution is -2.31. The number of hydrogen-bond acceptors (Lipinski definition) is 2. The van der Waals surface area contributed by atoms with Crippen molar-refractivity contribution >= 4 is 29.3 Å². The Kier molecular flexibility index (Phi) is 4.34. The van der Waals surface area contributed by atoms with Gasteiger partial charge in [0.05, 0.1) is 10.7 Å². The summed E-state index contributed by atoms with van der Waals surface area (Å²) in [6, 6.07) is 4.16. The molecule has 0 aliphatic carbocycles. The van der Waals surface area contributed by atoms with E-state index in [0.29, 0.717) is 6.54 Å². The van der Waals surface area contributed by atoms with Crippen molar-refractivity contribution in [3.05, 3.63) is 28.8 Å². The number of aromatic carboxylic acids is 1. The third-order valence-corrected chi connectivity index (χ3v) is 2.61. The minimum absolute atomic E-state index is 0.0921. The molecule has 0 saturated carbocycles. The molecule has 0 saturated heterocycles. The van der Waals surface area contributed by atoms with Gasteiger partial charge < -0.3 is 15.3 Å². The zero-order valence-electron chi connectivity index (χ0n) is 9.53. The summed E-state index contributed by atoms with van der Waals surface area (Å²) in [5.74, 6) is -1.18. The topological polar surface area (TPSA) is 69.6 Å².